The number of hydrogen-bond donors (Lipinski definition) is 2. The summed E-state index contributed by atoms with van der Waals surface area (Å²) in [5, 5.41) is 5.74. The Morgan fingerprint density at radius 2 is 1.44 bits per heavy atom. The van der Waals surface area contributed by atoms with Crippen molar-refractivity contribution in [1.29, 1.82) is 0 Å². The minimum Gasteiger partial charge on any atom is -0.322 e. The van der Waals surface area contributed by atoms with Gasteiger partial charge in [-0.3, -0.25) is 9.59 Å². The molecule has 0 saturated carbocycles. The molecule has 0 fully saturated rings. The number of nitrogens with one attached hydrogen (secondary N) is 2. The van der Waals surface area contributed by atoms with Crippen molar-refractivity contribution in [3.8, 4) is 0 Å². The third kappa shape index (κ3) is 4.74. The van der Waals surface area contributed by atoms with Gasteiger partial charge in [-0.1, -0.05) is 36.4 Å². The van der Waals surface area contributed by atoms with E-state index in [4.69, 9.17) is 11.6 Å². The molecule has 0 bridgehead atoms. The van der Waals surface area contributed by atoms with Crippen LogP contribution in [0.4, 0.5) is 11.4 Å². The Kier molecular flexibility index (Phi) is 5.89. The molecule has 0 aliphatic carbocycles. The lowest BCUT2D eigenvalue weighted by molar-refractivity contribution is 0.101. The molecule has 27 heavy (non-hydrogen) atoms. The number of amides is 2. The van der Waals surface area contributed by atoms with Gasteiger partial charge in [0.25, 0.3) is 11.8 Å². The molecule has 3 rings (SSSR count). The largest absolute Gasteiger partial charge is 0.322 e. The SMILES string of the molecule is Cc1ccc(NC(=O)c2ccccc2)cc1NC(=O)c1ccc(CCl)cc1. The maximum absolute atomic E-state index is 12.5. The topological polar surface area (TPSA) is 58.2 Å². The smallest absolute Gasteiger partial charge is 0.255 e. The molecule has 0 saturated heterocycles. The standard InChI is InChI=1S/C22H19ClN2O2/c1-15-7-12-19(24-21(26)17-5-3-2-4-6-17)13-20(15)25-22(27)18-10-8-16(14-23)9-11-18/h2-13H,14H2,1H3,(H,24,26)(H,25,27). The van der Waals surface area contributed by atoms with Crippen molar-refractivity contribution in [1.82, 2.24) is 0 Å². The average molecular weight is 379 g/mol. The quantitative estimate of drug-likeness (QED) is 0.596. The van der Waals surface area contributed by atoms with E-state index in [-0.39, 0.29) is 11.8 Å². The summed E-state index contributed by atoms with van der Waals surface area (Å²) in [6.45, 7) is 1.90. The van der Waals surface area contributed by atoms with Gasteiger partial charge < -0.3 is 10.6 Å². The highest BCUT2D eigenvalue weighted by Crippen LogP contribution is 2.22. The van der Waals surface area contributed by atoms with Gasteiger partial charge in [0, 0.05) is 28.4 Å². The van der Waals surface area contributed by atoms with Crippen molar-refractivity contribution in [3.63, 3.8) is 0 Å². The number of benzene rings is 3. The van der Waals surface area contributed by atoms with Crippen LogP contribution in [0.5, 0.6) is 0 Å². The second-order valence-corrected chi connectivity index (χ2v) is 6.40. The molecule has 0 aromatic heterocycles. The zero-order chi connectivity index (χ0) is 19.2. The summed E-state index contributed by atoms with van der Waals surface area (Å²) in [5.74, 6) is -0.0105. The molecule has 3 aromatic rings. The number of hydrogen-bond acceptors (Lipinski definition) is 2. The maximum atomic E-state index is 12.5. The second kappa shape index (κ2) is 8.52. The maximum Gasteiger partial charge on any atom is 0.255 e. The van der Waals surface area contributed by atoms with Crippen molar-refractivity contribution in [2.24, 2.45) is 0 Å². The van der Waals surface area contributed by atoms with Crippen molar-refractivity contribution >= 4 is 34.8 Å². The third-order valence-electron chi connectivity index (χ3n) is 4.15. The number of rotatable bonds is 5. The van der Waals surface area contributed by atoms with Crippen LogP contribution in [0.1, 0.15) is 31.8 Å². The van der Waals surface area contributed by atoms with E-state index in [1.807, 2.05) is 43.3 Å². The lowest BCUT2D eigenvalue weighted by atomic mass is 10.1. The Morgan fingerprint density at radius 1 is 0.815 bits per heavy atom. The molecule has 5 heteroatoms. The highest BCUT2D eigenvalue weighted by Gasteiger charge is 2.10. The van der Waals surface area contributed by atoms with Gasteiger partial charge in [-0.25, -0.2) is 0 Å². The molecule has 2 amide bonds. The van der Waals surface area contributed by atoms with E-state index in [2.05, 4.69) is 10.6 Å². The molecule has 0 unspecified atom stereocenters. The summed E-state index contributed by atoms with van der Waals surface area (Å²) < 4.78 is 0. The van der Waals surface area contributed by atoms with E-state index < -0.39 is 0 Å². The molecule has 0 aliphatic heterocycles. The molecule has 136 valence electrons. The predicted molar refractivity (Wildman–Crippen MR) is 110 cm³/mol. The van der Waals surface area contributed by atoms with Crippen LogP contribution in [-0.2, 0) is 5.88 Å². The predicted octanol–water partition coefficient (Wildman–Crippen LogP) is 5.24. The van der Waals surface area contributed by atoms with Gasteiger partial charge in [0.2, 0.25) is 0 Å². The fourth-order valence-corrected chi connectivity index (χ4v) is 2.75. The Hall–Kier alpha value is -3.11. The van der Waals surface area contributed by atoms with Crippen LogP contribution in [0, 0.1) is 6.92 Å². The van der Waals surface area contributed by atoms with E-state index in [9.17, 15) is 9.59 Å². The number of halogens is 1. The van der Waals surface area contributed by atoms with E-state index in [1.54, 1.807) is 36.4 Å². The molecular formula is C22H19ClN2O2. The lowest BCUT2D eigenvalue weighted by Gasteiger charge is -2.12. The molecule has 0 radical (unpaired) electrons. The van der Waals surface area contributed by atoms with Crippen LogP contribution in [-0.4, -0.2) is 11.8 Å². The minimum atomic E-state index is -0.217. The molecule has 4 nitrogen and oxygen atoms in total. The average Bonchev–Trinajstić information content (AvgIpc) is 2.71. The summed E-state index contributed by atoms with van der Waals surface area (Å²) >= 11 is 5.78. The summed E-state index contributed by atoms with van der Waals surface area (Å²) in [4.78, 5) is 24.8. The Bertz CT molecular complexity index is 954. The number of anilines is 2. The lowest BCUT2D eigenvalue weighted by Crippen LogP contribution is -2.14. The molecule has 0 spiro atoms. The van der Waals surface area contributed by atoms with Crippen LogP contribution < -0.4 is 10.6 Å². The number of alkyl halides is 1. The monoisotopic (exact) mass is 378 g/mol. The second-order valence-electron chi connectivity index (χ2n) is 6.13. The third-order valence-corrected chi connectivity index (χ3v) is 4.46. The van der Waals surface area contributed by atoms with E-state index in [0.717, 1.165) is 11.1 Å². The van der Waals surface area contributed by atoms with Gasteiger partial charge >= 0.3 is 0 Å². The molecule has 2 N–H and O–H groups in total. The number of carbonyl (C=O) groups excluding carboxylic acids is 2. The Morgan fingerprint density at radius 3 is 2.11 bits per heavy atom. The summed E-state index contributed by atoms with van der Waals surface area (Å²) in [7, 11) is 0. The van der Waals surface area contributed by atoms with E-state index in [0.29, 0.717) is 28.4 Å². The van der Waals surface area contributed by atoms with Crippen LogP contribution in [0.15, 0.2) is 72.8 Å². The van der Waals surface area contributed by atoms with Crippen molar-refractivity contribution in [2.75, 3.05) is 10.6 Å². The van der Waals surface area contributed by atoms with Crippen LogP contribution in [0.25, 0.3) is 0 Å². The first-order valence-electron chi connectivity index (χ1n) is 8.50. The molecule has 0 atom stereocenters. The minimum absolute atomic E-state index is 0.201. The number of aryl methyl sites for hydroxylation is 1. The van der Waals surface area contributed by atoms with Gasteiger partial charge in [-0.2, -0.15) is 0 Å². The first-order chi connectivity index (χ1) is 13.1. The summed E-state index contributed by atoms with van der Waals surface area (Å²) in [5.41, 5.74) is 4.23. The van der Waals surface area contributed by atoms with Crippen LogP contribution in [0.2, 0.25) is 0 Å². The fraction of sp³-hybridized carbons (Fsp3) is 0.0909. The summed E-state index contributed by atoms with van der Waals surface area (Å²) in [6.07, 6.45) is 0. The highest BCUT2D eigenvalue weighted by atomic mass is 35.5. The van der Waals surface area contributed by atoms with Crippen molar-refractivity contribution in [3.05, 3.63) is 95.1 Å². The van der Waals surface area contributed by atoms with Gasteiger partial charge in [-0.15, -0.1) is 11.6 Å². The zero-order valence-corrected chi connectivity index (χ0v) is 15.6. The van der Waals surface area contributed by atoms with Gasteiger partial charge in [0.05, 0.1) is 0 Å². The number of carbonyl (C=O) groups is 2. The highest BCUT2D eigenvalue weighted by molar-refractivity contribution is 6.17. The van der Waals surface area contributed by atoms with E-state index in [1.165, 1.54) is 0 Å². The molecule has 0 heterocycles. The first-order valence-corrected chi connectivity index (χ1v) is 9.03. The van der Waals surface area contributed by atoms with Crippen molar-refractivity contribution < 1.29 is 9.59 Å². The van der Waals surface area contributed by atoms with Gasteiger partial charge in [0.1, 0.15) is 0 Å². The van der Waals surface area contributed by atoms with Gasteiger partial charge in [-0.05, 0) is 54.4 Å². The fourth-order valence-electron chi connectivity index (χ4n) is 2.57. The molecule has 3 aromatic carbocycles. The van der Waals surface area contributed by atoms with Gasteiger partial charge in [0.15, 0.2) is 0 Å². The van der Waals surface area contributed by atoms with Crippen molar-refractivity contribution in [2.45, 2.75) is 12.8 Å². The normalized spacial score (nSPS) is 10.3. The van der Waals surface area contributed by atoms with E-state index >= 15 is 0 Å². The Labute approximate surface area is 163 Å². The molecular weight excluding hydrogens is 360 g/mol. The van der Waals surface area contributed by atoms with Crippen LogP contribution in [0.3, 0.4) is 0 Å². The Balaban J connectivity index is 1.74. The zero-order valence-electron chi connectivity index (χ0n) is 14.8. The summed E-state index contributed by atoms with van der Waals surface area (Å²) in [6, 6.07) is 21.5. The first kappa shape index (κ1) is 18.7. The van der Waals surface area contributed by atoms with Crippen LogP contribution >= 0.6 is 11.6 Å². The molecule has 0 aliphatic rings.